The number of hydrogen-bond acceptors (Lipinski definition) is 3. The molecule has 5 nitrogen and oxygen atoms in total. The summed E-state index contributed by atoms with van der Waals surface area (Å²) in [6, 6.07) is 5.93. The SMILES string of the molecule is Cl.O=C(CN1CCC(C(=O)O)C1)NCc1ccc(F)cc1. The smallest absolute Gasteiger partial charge is 0.307 e. The molecule has 0 radical (unpaired) electrons. The molecular formula is C14H18ClFN2O3. The Morgan fingerprint density at radius 1 is 1.33 bits per heavy atom. The average Bonchev–Trinajstić information content (AvgIpc) is 2.87. The maximum Gasteiger partial charge on any atom is 0.307 e. The van der Waals surface area contributed by atoms with Gasteiger partial charge in [0.1, 0.15) is 5.82 Å². The lowest BCUT2D eigenvalue weighted by atomic mass is 10.1. The third kappa shape index (κ3) is 5.32. The van der Waals surface area contributed by atoms with Gasteiger partial charge in [0.15, 0.2) is 0 Å². The molecule has 0 saturated carbocycles. The molecule has 1 aromatic carbocycles. The van der Waals surface area contributed by atoms with E-state index >= 15 is 0 Å². The Hall–Kier alpha value is -1.66. The number of carbonyl (C=O) groups is 2. The number of rotatable bonds is 5. The molecule has 1 unspecified atom stereocenters. The van der Waals surface area contributed by atoms with Crippen molar-refractivity contribution in [3.05, 3.63) is 35.6 Å². The highest BCUT2D eigenvalue weighted by Crippen LogP contribution is 2.15. The van der Waals surface area contributed by atoms with Crippen LogP contribution in [0, 0.1) is 11.7 Å². The molecule has 21 heavy (non-hydrogen) atoms. The minimum Gasteiger partial charge on any atom is -0.481 e. The van der Waals surface area contributed by atoms with E-state index < -0.39 is 5.97 Å². The topological polar surface area (TPSA) is 69.6 Å². The molecule has 0 bridgehead atoms. The first-order chi connectivity index (χ1) is 9.54. The summed E-state index contributed by atoms with van der Waals surface area (Å²) in [6.07, 6.45) is 0.584. The van der Waals surface area contributed by atoms with E-state index in [1.54, 1.807) is 12.1 Å². The molecule has 1 aromatic rings. The zero-order valence-electron chi connectivity index (χ0n) is 11.4. The van der Waals surface area contributed by atoms with Crippen molar-refractivity contribution in [1.29, 1.82) is 0 Å². The molecule has 0 aliphatic carbocycles. The molecule has 1 atom stereocenters. The highest BCUT2D eigenvalue weighted by Gasteiger charge is 2.28. The van der Waals surface area contributed by atoms with Crippen LogP contribution in [0.5, 0.6) is 0 Å². The molecule has 0 aromatic heterocycles. The molecule has 1 saturated heterocycles. The number of aliphatic carboxylic acids is 1. The van der Waals surface area contributed by atoms with Gasteiger partial charge >= 0.3 is 5.97 Å². The molecule has 2 rings (SSSR count). The van der Waals surface area contributed by atoms with Crippen LogP contribution in [0.15, 0.2) is 24.3 Å². The number of hydrogen-bond donors (Lipinski definition) is 2. The van der Waals surface area contributed by atoms with Crippen LogP contribution in [0.2, 0.25) is 0 Å². The molecule has 1 amide bonds. The van der Waals surface area contributed by atoms with Crippen molar-refractivity contribution >= 4 is 24.3 Å². The van der Waals surface area contributed by atoms with Crippen LogP contribution < -0.4 is 5.32 Å². The first-order valence-corrected chi connectivity index (χ1v) is 6.51. The number of nitrogens with zero attached hydrogens (tertiary/aromatic N) is 1. The number of halogens is 2. The summed E-state index contributed by atoms with van der Waals surface area (Å²) in [6.45, 7) is 1.58. The van der Waals surface area contributed by atoms with Crippen molar-refractivity contribution in [1.82, 2.24) is 10.2 Å². The van der Waals surface area contributed by atoms with Crippen molar-refractivity contribution < 1.29 is 19.1 Å². The predicted octanol–water partition coefficient (Wildman–Crippen LogP) is 1.27. The Labute approximate surface area is 128 Å². The lowest BCUT2D eigenvalue weighted by Crippen LogP contribution is -2.36. The van der Waals surface area contributed by atoms with Crippen molar-refractivity contribution in [3.8, 4) is 0 Å². The summed E-state index contributed by atoms with van der Waals surface area (Å²) in [7, 11) is 0. The van der Waals surface area contributed by atoms with Gasteiger partial charge in [-0.05, 0) is 30.7 Å². The van der Waals surface area contributed by atoms with E-state index in [1.807, 2.05) is 4.90 Å². The molecule has 0 spiro atoms. The number of amides is 1. The van der Waals surface area contributed by atoms with Crippen LogP contribution in [0.4, 0.5) is 4.39 Å². The Morgan fingerprint density at radius 2 is 2.00 bits per heavy atom. The number of nitrogens with one attached hydrogen (secondary N) is 1. The fourth-order valence-electron chi connectivity index (χ4n) is 2.24. The fraction of sp³-hybridized carbons (Fsp3) is 0.429. The Kier molecular flexibility index (Phi) is 6.58. The summed E-state index contributed by atoms with van der Waals surface area (Å²) in [5.74, 6) is -1.64. The van der Waals surface area contributed by atoms with Crippen LogP contribution in [0.1, 0.15) is 12.0 Å². The quantitative estimate of drug-likeness (QED) is 0.858. The zero-order chi connectivity index (χ0) is 14.5. The first-order valence-electron chi connectivity index (χ1n) is 6.51. The Morgan fingerprint density at radius 3 is 2.57 bits per heavy atom. The number of carboxylic acids is 1. The van der Waals surface area contributed by atoms with E-state index in [1.165, 1.54) is 12.1 Å². The molecule has 1 aliphatic heterocycles. The van der Waals surface area contributed by atoms with Gasteiger partial charge in [-0.15, -0.1) is 12.4 Å². The van der Waals surface area contributed by atoms with Gasteiger partial charge in [-0.3, -0.25) is 14.5 Å². The van der Waals surface area contributed by atoms with Gasteiger partial charge < -0.3 is 10.4 Å². The minimum atomic E-state index is -0.806. The van der Waals surface area contributed by atoms with E-state index in [-0.39, 0.29) is 36.6 Å². The molecule has 7 heteroatoms. The van der Waals surface area contributed by atoms with Gasteiger partial charge in [-0.25, -0.2) is 4.39 Å². The van der Waals surface area contributed by atoms with Crippen molar-refractivity contribution in [2.45, 2.75) is 13.0 Å². The summed E-state index contributed by atoms with van der Waals surface area (Å²) in [5.41, 5.74) is 0.824. The molecule has 2 N–H and O–H groups in total. The summed E-state index contributed by atoms with van der Waals surface area (Å²) in [4.78, 5) is 24.4. The highest BCUT2D eigenvalue weighted by molar-refractivity contribution is 5.85. The Balaban J connectivity index is 0.00000220. The number of carbonyl (C=O) groups excluding carboxylic acids is 1. The van der Waals surface area contributed by atoms with Crippen molar-refractivity contribution in [2.24, 2.45) is 5.92 Å². The predicted molar refractivity (Wildman–Crippen MR) is 77.7 cm³/mol. The number of likely N-dealkylation sites (tertiary alicyclic amines) is 1. The monoisotopic (exact) mass is 316 g/mol. The second kappa shape index (κ2) is 7.95. The lowest BCUT2D eigenvalue weighted by Gasteiger charge is -2.14. The summed E-state index contributed by atoms with van der Waals surface area (Å²) < 4.78 is 12.7. The van der Waals surface area contributed by atoms with E-state index in [2.05, 4.69) is 5.32 Å². The van der Waals surface area contributed by atoms with Crippen LogP contribution in [0.3, 0.4) is 0 Å². The van der Waals surface area contributed by atoms with E-state index in [0.717, 1.165) is 5.56 Å². The van der Waals surface area contributed by atoms with Gasteiger partial charge in [-0.2, -0.15) is 0 Å². The van der Waals surface area contributed by atoms with E-state index in [9.17, 15) is 14.0 Å². The molecule has 116 valence electrons. The third-order valence-electron chi connectivity index (χ3n) is 3.39. The lowest BCUT2D eigenvalue weighted by molar-refractivity contribution is -0.141. The van der Waals surface area contributed by atoms with Crippen LogP contribution in [0.25, 0.3) is 0 Å². The van der Waals surface area contributed by atoms with Crippen LogP contribution >= 0.6 is 12.4 Å². The largest absolute Gasteiger partial charge is 0.481 e. The average molecular weight is 317 g/mol. The Bertz CT molecular complexity index is 495. The standard InChI is InChI=1S/C14H17FN2O3.ClH/c15-12-3-1-10(2-4-12)7-16-13(18)9-17-6-5-11(8-17)14(19)20;/h1-4,11H,5-9H2,(H,16,18)(H,19,20);1H. The third-order valence-corrected chi connectivity index (χ3v) is 3.39. The maximum atomic E-state index is 12.7. The summed E-state index contributed by atoms with van der Waals surface area (Å²) >= 11 is 0. The van der Waals surface area contributed by atoms with Gasteiger partial charge in [0, 0.05) is 13.1 Å². The van der Waals surface area contributed by atoms with Gasteiger partial charge in [0.25, 0.3) is 0 Å². The maximum absolute atomic E-state index is 12.7. The molecule has 1 fully saturated rings. The normalized spacial score (nSPS) is 18.0. The van der Waals surface area contributed by atoms with Crippen molar-refractivity contribution in [2.75, 3.05) is 19.6 Å². The molecule has 1 aliphatic rings. The first kappa shape index (κ1) is 17.4. The fourth-order valence-corrected chi connectivity index (χ4v) is 2.24. The van der Waals surface area contributed by atoms with E-state index in [4.69, 9.17) is 5.11 Å². The van der Waals surface area contributed by atoms with Crippen molar-refractivity contribution in [3.63, 3.8) is 0 Å². The minimum absolute atomic E-state index is 0. The van der Waals surface area contributed by atoms with Gasteiger partial charge in [0.05, 0.1) is 12.5 Å². The second-order valence-corrected chi connectivity index (χ2v) is 4.96. The van der Waals surface area contributed by atoms with Gasteiger partial charge in [0.2, 0.25) is 5.91 Å². The van der Waals surface area contributed by atoms with Crippen LogP contribution in [-0.4, -0.2) is 41.5 Å². The molecule has 1 heterocycles. The molecular weight excluding hydrogens is 299 g/mol. The van der Waals surface area contributed by atoms with Gasteiger partial charge in [-0.1, -0.05) is 12.1 Å². The highest BCUT2D eigenvalue weighted by atomic mass is 35.5. The zero-order valence-corrected chi connectivity index (χ0v) is 12.2. The van der Waals surface area contributed by atoms with E-state index in [0.29, 0.717) is 26.1 Å². The van der Waals surface area contributed by atoms with Crippen LogP contribution in [-0.2, 0) is 16.1 Å². The second-order valence-electron chi connectivity index (χ2n) is 4.96. The number of benzene rings is 1. The summed E-state index contributed by atoms with van der Waals surface area (Å²) in [5, 5.41) is 11.6. The number of carboxylic acid groups (broad SMARTS) is 1.